The van der Waals surface area contributed by atoms with Crippen molar-refractivity contribution in [2.45, 2.75) is 0 Å². The number of esters is 1. The summed E-state index contributed by atoms with van der Waals surface area (Å²) < 4.78 is 8.53. The predicted molar refractivity (Wildman–Crippen MR) is 95.1 cm³/mol. The lowest BCUT2D eigenvalue weighted by Gasteiger charge is -2.09. The molecule has 0 spiro atoms. The maximum atomic E-state index is 12.9. The summed E-state index contributed by atoms with van der Waals surface area (Å²) in [6, 6.07) is 9.20. The van der Waals surface area contributed by atoms with E-state index in [1.807, 2.05) is 24.3 Å². The van der Waals surface area contributed by atoms with Crippen LogP contribution in [-0.2, 0) is 4.74 Å². The number of fused-ring (bicyclic) bond motifs is 3. The van der Waals surface area contributed by atoms with Crippen LogP contribution in [0.3, 0.4) is 0 Å². The monoisotopic (exact) mass is 398 g/mol. The number of rotatable bonds is 2. The molecule has 4 rings (SSSR count). The van der Waals surface area contributed by atoms with Crippen molar-refractivity contribution in [2.24, 2.45) is 0 Å². The van der Waals surface area contributed by atoms with Crippen molar-refractivity contribution in [1.82, 2.24) is 19.2 Å². The van der Waals surface area contributed by atoms with Gasteiger partial charge in [0.25, 0.3) is 5.56 Å². The molecule has 0 atom stereocenters. The smallest absolute Gasteiger partial charge is 0.343 e. The fourth-order valence-electron chi connectivity index (χ4n) is 2.71. The van der Waals surface area contributed by atoms with Gasteiger partial charge < -0.3 is 4.74 Å². The third-order valence-electron chi connectivity index (χ3n) is 3.91. The third-order valence-corrected chi connectivity index (χ3v) is 4.58. The molecule has 0 N–H and O–H groups in total. The largest absolute Gasteiger partial charge is 0.465 e. The Hall–Kier alpha value is -3.00. The van der Waals surface area contributed by atoms with Gasteiger partial charge in [0.2, 0.25) is 0 Å². The summed E-state index contributed by atoms with van der Waals surface area (Å²) in [5.74, 6) is -0.525. The minimum absolute atomic E-state index is 0.228. The molecule has 8 heteroatoms. The highest BCUT2D eigenvalue weighted by atomic mass is 79.9. The Morgan fingerprint density at radius 2 is 2.00 bits per heavy atom. The van der Waals surface area contributed by atoms with Gasteiger partial charge in [0.05, 0.1) is 29.9 Å². The number of para-hydroxylation sites is 1. The lowest BCUT2D eigenvalue weighted by molar-refractivity contribution is 0.0602. The van der Waals surface area contributed by atoms with E-state index in [-0.39, 0.29) is 11.1 Å². The molecule has 124 valence electrons. The van der Waals surface area contributed by atoms with E-state index in [0.717, 1.165) is 10.2 Å². The van der Waals surface area contributed by atoms with Crippen LogP contribution in [0, 0.1) is 0 Å². The average Bonchev–Trinajstić information content (AvgIpc) is 3.07. The van der Waals surface area contributed by atoms with E-state index in [2.05, 4.69) is 26.0 Å². The maximum absolute atomic E-state index is 12.9. The summed E-state index contributed by atoms with van der Waals surface area (Å²) in [7, 11) is 1.29. The van der Waals surface area contributed by atoms with Crippen LogP contribution in [0.4, 0.5) is 0 Å². The fraction of sp³-hybridized carbons (Fsp3) is 0.0588. The number of benzene rings is 1. The van der Waals surface area contributed by atoms with Crippen LogP contribution in [-0.4, -0.2) is 32.2 Å². The highest BCUT2D eigenvalue weighted by Gasteiger charge is 2.17. The number of hydrogen-bond acceptors (Lipinski definition) is 5. The summed E-state index contributed by atoms with van der Waals surface area (Å²) in [6.45, 7) is 0. The first-order valence-electron chi connectivity index (χ1n) is 7.33. The Morgan fingerprint density at radius 1 is 1.20 bits per heavy atom. The molecule has 0 aliphatic carbocycles. The van der Waals surface area contributed by atoms with Gasteiger partial charge in [-0.1, -0.05) is 12.1 Å². The predicted octanol–water partition coefficient (Wildman–Crippen LogP) is 2.58. The standard InChI is InChI=1S/C17H11BrN4O3/c1-25-17(24)11-9-20-22-13-6-7-21(14-5-3-2-4-12(14)18)16(23)10(13)8-19-15(11)22/h2-9H,1H3. The summed E-state index contributed by atoms with van der Waals surface area (Å²) in [6.07, 6.45) is 4.51. The number of carbonyl (C=O) groups is 1. The van der Waals surface area contributed by atoms with Gasteiger partial charge in [-0.25, -0.2) is 14.3 Å². The summed E-state index contributed by atoms with van der Waals surface area (Å²) in [4.78, 5) is 28.9. The number of aromatic nitrogens is 4. The molecule has 3 aromatic heterocycles. The first-order chi connectivity index (χ1) is 12.1. The van der Waals surface area contributed by atoms with Crippen molar-refractivity contribution in [2.75, 3.05) is 7.11 Å². The molecular formula is C17H11BrN4O3. The van der Waals surface area contributed by atoms with Gasteiger partial charge >= 0.3 is 5.97 Å². The number of carbonyl (C=O) groups excluding carboxylic acids is 1. The molecule has 7 nitrogen and oxygen atoms in total. The van der Waals surface area contributed by atoms with Gasteiger partial charge in [0.15, 0.2) is 5.65 Å². The maximum Gasteiger partial charge on any atom is 0.343 e. The Labute approximate surface area is 149 Å². The van der Waals surface area contributed by atoms with Gasteiger partial charge in [-0.15, -0.1) is 0 Å². The summed E-state index contributed by atoms with van der Waals surface area (Å²) in [5.41, 5.74) is 1.66. The van der Waals surface area contributed by atoms with Gasteiger partial charge in [0, 0.05) is 16.9 Å². The molecule has 0 fully saturated rings. The molecule has 3 heterocycles. The molecule has 0 saturated heterocycles. The third kappa shape index (κ3) is 2.33. The second-order valence-electron chi connectivity index (χ2n) is 5.28. The zero-order valence-corrected chi connectivity index (χ0v) is 14.6. The lowest BCUT2D eigenvalue weighted by Crippen LogP contribution is -2.19. The van der Waals surface area contributed by atoms with Crippen molar-refractivity contribution in [3.05, 3.63) is 69.3 Å². The highest BCUT2D eigenvalue weighted by Crippen LogP contribution is 2.21. The first kappa shape index (κ1) is 15.5. The normalized spacial score (nSPS) is 11.1. The number of pyridine rings is 1. The molecule has 0 aliphatic rings. The number of hydrogen-bond donors (Lipinski definition) is 0. The second kappa shape index (κ2) is 5.82. The molecule has 0 radical (unpaired) electrons. The Balaban J connectivity index is 2.01. The fourth-order valence-corrected chi connectivity index (χ4v) is 3.18. The second-order valence-corrected chi connectivity index (χ2v) is 6.14. The van der Waals surface area contributed by atoms with Crippen molar-refractivity contribution in [1.29, 1.82) is 0 Å². The minimum Gasteiger partial charge on any atom is -0.465 e. The van der Waals surface area contributed by atoms with E-state index in [1.165, 1.54) is 28.6 Å². The van der Waals surface area contributed by atoms with Gasteiger partial charge in [-0.05, 0) is 34.1 Å². The number of nitrogens with zero attached hydrogens (tertiary/aromatic N) is 4. The van der Waals surface area contributed by atoms with Gasteiger partial charge in [-0.3, -0.25) is 9.36 Å². The molecule has 25 heavy (non-hydrogen) atoms. The number of ether oxygens (including phenoxy) is 1. The van der Waals surface area contributed by atoms with Crippen LogP contribution in [0.1, 0.15) is 10.4 Å². The number of methoxy groups -OCH3 is 1. The SMILES string of the molecule is COC(=O)c1cnn2c1ncc1c(=O)n(-c3ccccc3Br)ccc12. The Morgan fingerprint density at radius 3 is 2.76 bits per heavy atom. The van der Waals surface area contributed by atoms with Gasteiger partial charge in [0.1, 0.15) is 5.56 Å². The molecule has 0 bridgehead atoms. The topological polar surface area (TPSA) is 78.5 Å². The van der Waals surface area contributed by atoms with E-state index >= 15 is 0 Å². The van der Waals surface area contributed by atoms with Crippen LogP contribution in [0.25, 0.3) is 22.2 Å². The molecule has 1 aromatic carbocycles. The highest BCUT2D eigenvalue weighted by molar-refractivity contribution is 9.10. The lowest BCUT2D eigenvalue weighted by atomic mass is 10.2. The first-order valence-corrected chi connectivity index (χ1v) is 8.12. The van der Waals surface area contributed by atoms with E-state index in [9.17, 15) is 9.59 Å². The zero-order chi connectivity index (χ0) is 17.6. The average molecular weight is 399 g/mol. The molecule has 0 amide bonds. The van der Waals surface area contributed by atoms with E-state index in [0.29, 0.717) is 16.6 Å². The van der Waals surface area contributed by atoms with Crippen molar-refractivity contribution >= 4 is 38.4 Å². The van der Waals surface area contributed by atoms with Crippen LogP contribution in [0.5, 0.6) is 0 Å². The van der Waals surface area contributed by atoms with Crippen LogP contribution in [0.2, 0.25) is 0 Å². The Kier molecular flexibility index (Phi) is 3.61. The van der Waals surface area contributed by atoms with E-state index in [4.69, 9.17) is 4.74 Å². The molecule has 0 unspecified atom stereocenters. The minimum atomic E-state index is -0.525. The van der Waals surface area contributed by atoms with Crippen LogP contribution < -0.4 is 5.56 Å². The molecule has 4 aromatic rings. The molecule has 0 saturated carbocycles. The molecular weight excluding hydrogens is 388 g/mol. The zero-order valence-electron chi connectivity index (χ0n) is 13.0. The summed E-state index contributed by atoms with van der Waals surface area (Å²) in [5, 5.41) is 4.57. The van der Waals surface area contributed by atoms with Crippen LogP contribution >= 0.6 is 15.9 Å². The van der Waals surface area contributed by atoms with E-state index in [1.54, 1.807) is 12.3 Å². The van der Waals surface area contributed by atoms with E-state index < -0.39 is 5.97 Å². The van der Waals surface area contributed by atoms with Crippen molar-refractivity contribution in [3.8, 4) is 5.69 Å². The Bertz CT molecular complexity index is 1200. The van der Waals surface area contributed by atoms with Crippen LogP contribution in [0.15, 0.2) is 58.2 Å². The van der Waals surface area contributed by atoms with Crippen molar-refractivity contribution < 1.29 is 9.53 Å². The molecule has 0 aliphatic heterocycles. The number of halogens is 1. The quantitative estimate of drug-likeness (QED) is 0.485. The van der Waals surface area contributed by atoms with Gasteiger partial charge in [-0.2, -0.15) is 5.10 Å². The van der Waals surface area contributed by atoms with Crippen molar-refractivity contribution in [3.63, 3.8) is 0 Å². The summed E-state index contributed by atoms with van der Waals surface area (Å²) >= 11 is 3.45.